The van der Waals surface area contributed by atoms with E-state index in [-0.39, 0.29) is 11.8 Å². The Morgan fingerprint density at radius 3 is 2.79 bits per heavy atom. The molecule has 0 bridgehead atoms. The summed E-state index contributed by atoms with van der Waals surface area (Å²) >= 11 is 6.08. The van der Waals surface area contributed by atoms with Crippen LogP contribution in [0.5, 0.6) is 0 Å². The van der Waals surface area contributed by atoms with Crippen molar-refractivity contribution in [2.45, 2.75) is 19.4 Å². The van der Waals surface area contributed by atoms with E-state index in [1.54, 1.807) is 4.68 Å². The molecule has 1 aromatic heterocycles. The predicted octanol–water partition coefficient (Wildman–Crippen LogP) is 0.985. The largest absolute Gasteiger partial charge is 0.302 e. The van der Waals surface area contributed by atoms with Crippen LogP contribution in [0.25, 0.3) is 0 Å². The first kappa shape index (κ1) is 9.68. The fourth-order valence-corrected chi connectivity index (χ4v) is 2.08. The van der Waals surface area contributed by atoms with Gasteiger partial charge in [0.2, 0.25) is 0 Å². The maximum absolute atomic E-state index is 11.5. The fourth-order valence-electron chi connectivity index (χ4n) is 1.81. The monoisotopic (exact) mass is 213 g/mol. The van der Waals surface area contributed by atoms with E-state index in [0.29, 0.717) is 11.4 Å². The first-order valence-corrected chi connectivity index (χ1v) is 4.94. The quantitative estimate of drug-likeness (QED) is 0.757. The van der Waals surface area contributed by atoms with Gasteiger partial charge in [0.15, 0.2) is 5.78 Å². The molecule has 5 heteroatoms. The molecule has 14 heavy (non-hydrogen) atoms. The number of carbonyl (C=O) groups is 1. The lowest BCUT2D eigenvalue weighted by molar-refractivity contribution is -0.118. The van der Waals surface area contributed by atoms with Crippen molar-refractivity contribution in [1.29, 1.82) is 0 Å². The Hall–Kier alpha value is -0.870. The number of aromatic nitrogens is 2. The summed E-state index contributed by atoms with van der Waals surface area (Å²) in [4.78, 5) is 11.5. The SMILES string of the molecule is Cc1nn(C)c(C2NCCC2=O)c1Cl. The Bertz CT molecular complexity index is 386. The summed E-state index contributed by atoms with van der Waals surface area (Å²) in [6.45, 7) is 2.56. The van der Waals surface area contributed by atoms with Crippen molar-refractivity contribution in [3.05, 3.63) is 16.4 Å². The molecule has 1 saturated heterocycles. The van der Waals surface area contributed by atoms with E-state index in [9.17, 15) is 4.79 Å². The lowest BCUT2D eigenvalue weighted by Gasteiger charge is -2.09. The average Bonchev–Trinajstić information content (AvgIpc) is 2.60. The molecule has 1 aromatic rings. The second-order valence-electron chi connectivity index (χ2n) is 3.51. The van der Waals surface area contributed by atoms with Crippen LogP contribution in [0.2, 0.25) is 5.02 Å². The van der Waals surface area contributed by atoms with Gasteiger partial charge in [0.1, 0.15) is 6.04 Å². The van der Waals surface area contributed by atoms with E-state index in [1.165, 1.54) is 0 Å². The molecule has 0 saturated carbocycles. The number of hydrogen-bond acceptors (Lipinski definition) is 3. The number of ketones is 1. The molecular weight excluding hydrogens is 202 g/mol. The highest BCUT2D eigenvalue weighted by atomic mass is 35.5. The summed E-state index contributed by atoms with van der Waals surface area (Å²) in [5, 5.41) is 7.90. The number of nitrogens with zero attached hydrogens (tertiary/aromatic N) is 2. The van der Waals surface area contributed by atoms with Gasteiger partial charge in [0.25, 0.3) is 0 Å². The van der Waals surface area contributed by atoms with Gasteiger partial charge in [-0.1, -0.05) is 11.6 Å². The van der Waals surface area contributed by atoms with Crippen LogP contribution in [0.15, 0.2) is 0 Å². The summed E-state index contributed by atoms with van der Waals surface area (Å²) in [5.74, 6) is 0.190. The van der Waals surface area contributed by atoms with Crippen molar-refractivity contribution in [3.8, 4) is 0 Å². The highest BCUT2D eigenvalue weighted by Gasteiger charge is 2.30. The molecule has 1 N–H and O–H groups in total. The van der Waals surface area contributed by atoms with Gasteiger partial charge in [-0.3, -0.25) is 9.48 Å². The molecule has 76 valence electrons. The van der Waals surface area contributed by atoms with Crippen molar-refractivity contribution in [2.24, 2.45) is 7.05 Å². The zero-order valence-electron chi connectivity index (χ0n) is 8.17. The Labute approximate surface area is 87.2 Å². The lowest BCUT2D eigenvalue weighted by atomic mass is 10.1. The van der Waals surface area contributed by atoms with Gasteiger partial charge >= 0.3 is 0 Å². The minimum Gasteiger partial charge on any atom is -0.302 e. The number of Topliss-reactive ketones (excluding diaryl/α,β-unsaturated/α-hetero) is 1. The normalized spacial score (nSPS) is 21.9. The smallest absolute Gasteiger partial charge is 0.157 e. The molecule has 4 nitrogen and oxygen atoms in total. The zero-order valence-corrected chi connectivity index (χ0v) is 8.93. The average molecular weight is 214 g/mol. The molecule has 0 aliphatic carbocycles. The van der Waals surface area contributed by atoms with Crippen molar-refractivity contribution in [3.63, 3.8) is 0 Å². The highest BCUT2D eigenvalue weighted by Crippen LogP contribution is 2.28. The minimum atomic E-state index is -0.270. The number of rotatable bonds is 1. The standard InChI is InChI=1S/C9H12ClN3O/c1-5-7(10)9(13(2)12-5)8-6(14)3-4-11-8/h8,11H,3-4H2,1-2H3. The first-order valence-electron chi connectivity index (χ1n) is 4.56. The molecule has 1 aliphatic heterocycles. The third-order valence-corrected chi connectivity index (χ3v) is 2.97. The molecule has 1 atom stereocenters. The second kappa shape index (κ2) is 3.37. The Kier molecular flexibility index (Phi) is 2.33. The molecule has 0 spiro atoms. The number of aryl methyl sites for hydroxylation is 2. The third-order valence-electron chi connectivity index (χ3n) is 2.51. The summed E-state index contributed by atoms with van der Waals surface area (Å²) < 4.78 is 1.68. The van der Waals surface area contributed by atoms with E-state index in [0.717, 1.165) is 17.9 Å². The maximum Gasteiger partial charge on any atom is 0.157 e. The lowest BCUT2D eigenvalue weighted by Crippen LogP contribution is -2.21. The molecular formula is C9H12ClN3O. The molecule has 0 radical (unpaired) electrons. The topological polar surface area (TPSA) is 46.9 Å². The van der Waals surface area contributed by atoms with Crippen molar-refractivity contribution >= 4 is 17.4 Å². The number of nitrogens with one attached hydrogen (secondary N) is 1. The van der Waals surface area contributed by atoms with E-state index in [4.69, 9.17) is 11.6 Å². The minimum absolute atomic E-state index is 0.190. The van der Waals surface area contributed by atoms with Crippen LogP contribution in [0, 0.1) is 6.92 Å². The van der Waals surface area contributed by atoms with Crippen LogP contribution in [0.4, 0.5) is 0 Å². The van der Waals surface area contributed by atoms with E-state index in [2.05, 4.69) is 10.4 Å². The van der Waals surface area contributed by atoms with Gasteiger partial charge < -0.3 is 5.32 Å². The van der Waals surface area contributed by atoms with Gasteiger partial charge in [-0.15, -0.1) is 0 Å². The fraction of sp³-hybridized carbons (Fsp3) is 0.556. The molecule has 2 rings (SSSR count). The maximum atomic E-state index is 11.5. The van der Waals surface area contributed by atoms with Crippen LogP contribution in [0.3, 0.4) is 0 Å². The third kappa shape index (κ3) is 1.35. The zero-order chi connectivity index (χ0) is 10.3. The molecule has 1 aliphatic rings. The van der Waals surface area contributed by atoms with Crippen LogP contribution >= 0.6 is 11.6 Å². The second-order valence-corrected chi connectivity index (χ2v) is 3.89. The van der Waals surface area contributed by atoms with E-state index >= 15 is 0 Å². The van der Waals surface area contributed by atoms with Gasteiger partial charge in [0.05, 0.1) is 16.4 Å². The molecule has 2 heterocycles. The Morgan fingerprint density at radius 1 is 1.64 bits per heavy atom. The van der Waals surface area contributed by atoms with Crippen molar-refractivity contribution in [2.75, 3.05) is 6.54 Å². The number of hydrogen-bond donors (Lipinski definition) is 1. The van der Waals surface area contributed by atoms with Gasteiger partial charge in [-0.2, -0.15) is 5.10 Å². The van der Waals surface area contributed by atoms with Gasteiger partial charge in [-0.25, -0.2) is 0 Å². The van der Waals surface area contributed by atoms with Gasteiger partial charge in [0, 0.05) is 20.0 Å². The first-order chi connectivity index (χ1) is 6.61. The molecule has 1 fully saturated rings. The van der Waals surface area contributed by atoms with Gasteiger partial charge in [-0.05, 0) is 6.92 Å². The molecule has 1 unspecified atom stereocenters. The Balaban J connectivity index is 2.44. The summed E-state index contributed by atoms with van der Waals surface area (Å²) in [7, 11) is 1.81. The van der Waals surface area contributed by atoms with E-state index < -0.39 is 0 Å². The molecule has 0 aromatic carbocycles. The van der Waals surface area contributed by atoms with Crippen LogP contribution in [-0.2, 0) is 11.8 Å². The summed E-state index contributed by atoms with van der Waals surface area (Å²) in [6.07, 6.45) is 0.575. The molecule has 0 amide bonds. The Morgan fingerprint density at radius 2 is 2.36 bits per heavy atom. The number of halogens is 1. The highest BCUT2D eigenvalue weighted by molar-refractivity contribution is 6.32. The van der Waals surface area contributed by atoms with E-state index in [1.807, 2.05) is 14.0 Å². The summed E-state index contributed by atoms with van der Waals surface area (Å²) in [5.41, 5.74) is 1.55. The summed E-state index contributed by atoms with van der Waals surface area (Å²) in [6, 6.07) is -0.270. The predicted molar refractivity (Wildman–Crippen MR) is 53.3 cm³/mol. The van der Waals surface area contributed by atoms with Crippen LogP contribution in [0.1, 0.15) is 23.9 Å². The van der Waals surface area contributed by atoms with Crippen molar-refractivity contribution in [1.82, 2.24) is 15.1 Å². The van der Waals surface area contributed by atoms with Crippen molar-refractivity contribution < 1.29 is 4.79 Å². The number of carbonyl (C=O) groups excluding carboxylic acids is 1. The van der Waals surface area contributed by atoms with Crippen LogP contribution < -0.4 is 5.32 Å². The van der Waals surface area contributed by atoms with Crippen LogP contribution in [-0.4, -0.2) is 22.1 Å².